The van der Waals surface area contributed by atoms with Crippen molar-refractivity contribution in [1.29, 1.82) is 0 Å². The average molecular weight is 419 g/mol. The lowest BCUT2D eigenvalue weighted by molar-refractivity contribution is -0.114. The molecule has 3 rings (SSSR count). The molecule has 0 unspecified atom stereocenters. The molecule has 0 aliphatic heterocycles. The standard InChI is InChI=1S/C26H30N2O3/c1-20(2)31-25-15-7-13-23(18-25)28-26(29)19-27-22-12-6-14-24(17-22)30-16-8-11-21-9-4-3-5-10-21/h3-7,9-10,12-15,17-18,20,27H,8,11,16,19H2,1-2H3,(H,28,29). The molecule has 5 nitrogen and oxygen atoms in total. The summed E-state index contributed by atoms with van der Waals surface area (Å²) in [5, 5.41) is 6.03. The molecular weight excluding hydrogens is 388 g/mol. The van der Waals surface area contributed by atoms with Gasteiger partial charge in [0.1, 0.15) is 11.5 Å². The number of amides is 1. The van der Waals surface area contributed by atoms with E-state index in [1.54, 1.807) is 0 Å². The van der Waals surface area contributed by atoms with Crippen molar-refractivity contribution in [3.63, 3.8) is 0 Å². The lowest BCUT2D eigenvalue weighted by atomic mass is 10.1. The van der Waals surface area contributed by atoms with Crippen LogP contribution in [0.1, 0.15) is 25.8 Å². The van der Waals surface area contributed by atoms with Crippen molar-refractivity contribution in [2.75, 3.05) is 23.8 Å². The van der Waals surface area contributed by atoms with E-state index in [4.69, 9.17) is 9.47 Å². The summed E-state index contributed by atoms with van der Waals surface area (Å²) in [7, 11) is 0. The van der Waals surface area contributed by atoms with Crippen LogP contribution in [-0.2, 0) is 11.2 Å². The Bertz CT molecular complexity index is 958. The van der Waals surface area contributed by atoms with Gasteiger partial charge in [-0.25, -0.2) is 0 Å². The minimum absolute atomic E-state index is 0.0838. The first kappa shape index (κ1) is 22.2. The molecule has 0 spiro atoms. The molecule has 5 heteroatoms. The number of rotatable bonds is 11. The summed E-state index contributed by atoms with van der Waals surface area (Å²) in [6.07, 6.45) is 2.02. The van der Waals surface area contributed by atoms with Gasteiger partial charge in [-0.05, 0) is 56.5 Å². The van der Waals surface area contributed by atoms with Crippen LogP contribution in [-0.4, -0.2) is 25.2 Å². The Hall–Kier alpha value is -3.47. The Labute approximate surface area is 184 Å². The monoisotopic (exact) mass is 418 g/mol. The van der Waals surface area contributed by atoms with E-state index in [0.717, 1.165) is 30.0 Å². The zero-order chi connectivity index (χ0) is 21.9. The summed E-state index contributed by atoms with van der Waals surface area (Å²) in [5.74, 6) is 1.39. The van der Waals surface area contributed by atoms with Gasteiger partial charge in [0.2, 0.25) is 5.91 Å². The van der Waals surface area contributed by atoms with Crippen molar-refractivity contribution >= 4 is 17.3 Å². The lowest BCUT2D eigenvalue weighted by Crippen LogP contribution is -2.21. The number of hydrogen-bond acceptors (Lipinski definition) is 4. The molecule has 0 aliphatic carbocycles. The number of nitrogens with one attached hydrogen (secondary N) is 2. The predicted octanol–water partition coefficient (Wildman–Crippen LogP) is 5.54. The first-order valence-corrected chi connectivity index (χ1v) is 10.7. The number of anilines is 2. The Morgan fingerprint density at radius 1 is 0.871 bits per heavy atom. The van der Waals surface area contributed by atoms with Gasteiger partial charge in [0, 0.05) is 23.5 Å². The van der Waals surface area contributed by atoms with Crippen LogP contribution in [0.15, 0.2) is 78.9 Å². The molecule has 2 N–H and O–H groups in total. The van der Waals surface area contributed by atoms with Crippen LogP contribution in [0.4, 0.5) is 11.4 Å². The van der Waals surface area contributed by atoms with E-state index in [9.17, 15) is 4.79 Å². The highest BCUT2D eigenvalue weighted by atomic mass is 16.5. The molecular formula is C26H30N2O3. The Morgan fingerprint density at radius 2 is 1.58 bits per heavy atom. The van der Waals surface area contributed by atoms with Gasteiger partial charge in [-0.15, -0.1) is 0 Å². The maximum Gasteiger partial charge on any atom is 0.243 e. The first-order valence-electron chi connectivity index (χ1n) is 10.7. The molecule has 0 radical (unpaired) electrons. The van der Waals surface area contributed by atoms with Gasteiger partial charge in [-0.1, -0.05) is 42.5 Å². The fourth-order valence-corrected chi connectivity index (χ4v) is 3.11. The molecule has 3 aromatic rings. The number of carbonyl (C=O) groups excluding carboxylic acids is 1. The van der Waals surface area contributed by atoms with E-state index in [2.05, 4.69) is 34.9 Å². The quantitative estimate of drug-likeness (QED) is 0.402. The summed E-state index contributed by atoms with van der Waals surface area (Å²) < 4.78 is 11.5. The predicted molar refractivity (Wildman–Crippen MR) is 126 cm³/mol. The molecule has 1 amide bonds. The molecule has 0 bridgehead atoms. The number of carbonyl (C=O) groups is 1. The van der Waals surface area contributed by atoms with Crippen molar-refractivity contribution in [1.82, 2.24) is 0 Å². The molecule has 0 atom stereocenters. The SMILES string of the molecule is CC(C)Oc1cccc(NC(=O)CNc2cccc(OCCCc3ccccc3)c2)c1. The molecule has 0 aromatic heterocycles. The van der Waals surface area contributed by atoms with Crippen molar-refractivity contribution in [2.45, 2.75) is 32.8 Å². The Morgan fingerprint density at radius 3 is 2.35 bits per heavy atom. The molecule has 0 aliphatic rings. The zero-order valence-electron chi connectivity index (χ0n) is 18.1. The highest BCUT2D eigenvalue weighted by Crippen LogP contribution is 2.19. The van der Waals surface area contributed by atoms with Gasteiger partial charge in [-0.3, -0.25) is 4.79 Å². The second-order valence-electron chi connectivity index (χ2n) is 7.56. The molecule has 0 fully saturated rings. The van der Waals surface area contributed by atoms with Crippen LogP contribution in [0.3, 0.4) is 0 Å². The summed E-state index contributed by atoms with van der Waals surface area (Å²) in [6, 6.07) is 25.5. The van der Waals surface area contributed by atoms with Crippen LogP contribution in [0, 0.1) is 0 Å². The Balaban J connectivity index is 1.42. The van der Waals surface area contributed by atoms with Crippen LogP contribution in [0.5, 0.6) is 11.5 Å². The maximum atomic E-state index is 12.3. The second-order valence-corrected chi connectivity index (χ2v) is 7.56. The lowest BCUT2D eigenvalue weighted by Gasteiger charge is -2.12. The molecule has 162 valence electrons. The zero-order valence-corrected chi connectivity index (χ0v) is 18.1. The third-order valence-electron chi connectivity index (χ3n) is 4.50. The van der Waals surface area contributed by atoms with E-state index in [0.29, 0.717) is 12.3 Å². The number of aryl methyl sites for hydroxylation is 1. The van der Waals surface area contributed by atoms with Crippen LogP contribution < -0.4 is 20.1 Å². The average Bonchev–Trinajstić information content (AvgIpc) is 2.76. The third-order valence-corrected chi connectivity index (χ3v) is 4.50. The highest BCUT2D eigenvalue weighted by molar-refractivity contribution is 5.93. The fourth-order valence-electron chi connectivity index (χ4n) is 3.11. The first-order chi connectivity index (χ1) is 15.1. The van der Waals surface area contributed by atoms with Crippen LogP contribution in [0.2, 0.25) is 0 Å². The van der Waals surface area contributed by atoms with Crippen LogP contribution in [0.25, 0.3) is 0 Å². The van der Waals surface area contributed by atoms with Crippen LogP contribution >= 0.6 is 0 Å². The minimum atomic E-state index is -0.129. The van der Waals surface area contributed by atoms with Crippen molar-refractivity contribution < 1.29 is 14.3 Å². The van der Waals surface area contributed by atoms with Gasteiger partial charge in [0.05, 0.1) is 19.3 Å². The minimum Gasteiger partial charge on any atom is -0.494 e. The number of ether oxygens (including phenoxy) is 2. The number of hydrogen-bond donors (Lipinski definition) is 2. The largest absolute Gasteiger partial charge is 0.494 e. The summed E-state index contributed by atoms with van der Waals surface area (Å²) in [6.45, 7) is 4.74. The van der Waals surface area contributed by atoms with E-state index in [1.807, 2.05) is 68.4 Å². The highest BCUT2D eigenvalue weighted by Gasteiger charge is 2.05. The van der Waals surface area contributed by atoms with Crippen molar-refractivity contribution in [3.8, 4) is 11.5 Å². The molecule has 31 heavy (non-hydrogen) atoms. The summed E-state index contributed by atoms with van der Waals surface area (Å²) in [4.78, 5) is 12.3. The molecule has 0 saturated heterocycles. The van der Waals surface area contributed by atoms with Gasteiger partial charge >= 0.3 is 0 Å². The Kier molecular flexibility index (Phi) is 8.35. The van der Waals surface area contributed by atoms with Crippen molar-refractivity contribution in [2.24, 2.45) is 0 Å². The van der Waals surface area contributed by atoms with E-state index in [1.165, 1.54) is 5.56 Å². The molecule has 3 aromatic carbocycles. The van der Waals surface area contributed by atoms with E-state index >= 15 is 0 Å². The molecule has 0 heterocycles. The topological polar surface area (TPSA) is 59.6 Å². The maximum absolute atomic E-state index is 12.3. The van der Waals surface area contributed by atoms with Gasteiger partial charge in [0.25, 0.3) is 0 Å². The molecule has 0 saturated carbocycles. The normalized spacial score (nSPS) is 10.5. The third kappa shape index (κ3) is 8.05. The number of benzene rings is 3. The van der Waals surface area contributed by atoms with Gasteiger partial charge in [0.15, 0.2) is 0 Å². The smallest absolute Gasteiger partial charge is 0.243 e. The van der Waals surface area contributed by atoms with Gasteiger partial charge in [-0.2, -0.15) is 0 Å². The summed E-state index contributed by atoms with van der Waals surface area (Å²) >= 11 is 0. The second kappa shape index (κ2) is 11.6. The summed E-state index contributed by atoms with van der Waals surface area (Å²) in [5.41, 5.74) is 2.86. The van der Waals surface area contributed by atoms with E-state index in [-0.39, 0.29) is 18.6 Å². The van der Waals surface area contributed by atoms with Crippen molar-refractivity contribution in [3.05, 3.63) is 84.4 Å². The fraction of sp³-hybridized carbons (Fsp3) is 0.269. The van der Waals surface area contributed by atoms with E-state index < -0.39 is 0 Å². The van der Waals surface area contributed by atoms with Gasteiger partial charge < -0.3 is 20.1 Å².